The molecule has 0 saturated carbocycles. The number of aliphatic hydroxyl groups excluding tert-OH is 1. The number of rotatable bonds is 5. The van der Waals surface area contributed by atoms with Gasteiger partial charge in [0.15, 0.2) is 0 Å². The summed E-state index contributed by atoms with van der Waals surface area (Å²) in [6.07, 6.45) is 0. The van der Waals surface area contributed by atoms with Crippen molar-refractivity contribution in [3.63, 3.8) is 0 Å². The van der Waals surface area contributed by atoms with Crippen molar-refractivity contribution in [3.8, 4) is 0 Å². The monoisotopic (exact) mass is 236 g/mol. The third-order valence-corrected chi connectivity index (χ3v) is 2.55. The first kappa shape index (κ1) is 13.7. The minimum Gasteiger partial charge on any atom is -0.392 e. The van der Waals surface area contributed by atoms with Crippen molar-refractivity contribution < 1.29 is 9.90 Å². The fourth-order valence-electron chi connectivity index (χ4n) is 1.56. The van der Waals surface area contributed by atoms with Gasteiger partial charge in [-0.2, -0.15) is 0 Å². The standard InChI is InChI=1S/C13H20N2O2/c1-4-14-13(2,3)12(17)15-11-7-5-6-10(8-11)9-16/h5-8,14,16H,4,9H2,1-3H3,(H,15,17). The van der Waals surface area contributed by atoms with Gasteiger partial charge in [0.05, 0.1) is 12.1 Å². The van der Waals surface area contributed by atoms with Crippen LogP contribution in [0.1, 0.15) is 26.3 Å². The molecule has 0 fully saturated rings. The molecule has 4 nitrogen and oxygen atoms in total. The summed E-state index contributed by atoms with van der Waals surface area (Å²) in [5, 5.41) is 15.0. The summed E-state index contributed by atoms with van der Waals surface area (Å²) in [6.45, 7) is 6.34. The molecule has 0 heterocycles. The van der Waals surface area contributed by atoms with Crippen LogP contribution in [0.5, 0.6) is 0 Å². The Morgan fingerprint density at radius 3 is 2.71 bits per heavy atom. The van der Waals surface area contributed by atoms with Crippen LogP contribution in [0.4, 0.5) is 5.69 Å². The molecule has 0 bridgehead atoms. The number of anilines is 1. The van der Waals surface area contributed by atoms with Crippen LogP contribution in [0, 0.1) is 0 Å². The van der Waals surface area contributed by atoms with Crippen molar-refractivity contribution in [3.05, 3.63) is 29.8 Å². The number of benzene rings is 1. The lowest BCUT2D eigenvalue weighted by Gasteiger charge is -2.24. The van der Waals surface area contributed by atoms with E-state index >= 15 is 0 Å². The Hall–Kier alpha value is -1.39. The highest BCUT2D eigenvalue weighted by Crippen LogP contribution is 2.13. The first-order chi connectivity index (χ1) is 7.99. The zero-order valence-electron chi connectivity index (χ0n) is 10.6. The highest BCUT2D eigenvalue weighted by atomic mass is 16.3. The van der Waals surface area contributed by atoms with Gasteiger partial charge in [0, 0.05) is 5.69 Å². The number of hydrogen-bond donors (Lipinski definition) is 3. The second kappa shape index (κ2) is 5.80. The molecule has 0 unspecified atom stereocenters. The van der Waals surface area contributed by atoms with Crippen LogP contribution in [0.15, 0.2) is 24.3 Å². The van der Waals surface area contributed by atoms with Crippen LogP contribution in [0.2, 0.25) is 0 Å². The van der Waals surface area contributed by atoms with Crippen LogP contribution in [-0.4, -0.2) is 23.1 Å². The fourth-order valence-corrected chi connectivity index (χ4v) is 1.56. The van der Waals surface area contributed by atoms with Crippen LogP contribution >= 0.6 is 0 Å². The molecule has 0 spiro atoms. The summed E-state index contributed by atoms with van der Waals surface area (Å²) in [5.74, 6) is -0.0885. The molecule has 0 aliphatic carbocycles. The van der Waals surface area contributed by atoms with E-state index < -0.39 is 5.54 Å². The van der Waals surface area contributed by atoms with E-state index in [-0.39, 0.29) is 12.5 Å². The van der Waals surface area contributed by atoms with Gasteiger partial charge in [-0.15, -0.1) is 0 Å². The Balaban J connectivity index is 2.73. The van der Waals surface area contributed by atoms with Gasteiger partial charge in [-0.25, -0.2) is 0 Å². The number of carbonyl (C=O) groups excluding carboxylic acids is 1. The maximum atomic E-state index is 12.0. The average molecular weight is 236 g/mol. The Morgan fingerprint density at radius 1 is 1.41 bits per heavy atom. The molecule has 1 aromatic carbocycles. The van der Waals surface area contributed by atoms with Gasteiger partial charge in [0.25, 0.3) is 0 Å². The van der Waals surface area contributed by atoms with Gasteiger partial charge in [-0.1, -0.05) is 19.1 Å². The van der Waals surface area contributed by atoms with Gasteiger partial charge < -0.3 is 15.7 Å². The molecular weight excluding hydrogens is 216 g/mol. The van der Waals surface area contributed by atoms with Gasteiger partial charge >= 0.3 is 0 Å². The summed E-state index contributed by atoms with van der Waals surface area (Å²) in [6, 6.07) is 7.19. The van der Waals surface area contributed by atoms with Crippen LogP contribution < -0.4 is 10.6 Å². The van der Waals surface area contributed by atoms with E-state index in [2.05, 4.69) is 10.6 Å². The Morgan fingerprint density at radius 2 is 2.12 bits per heavy atom. The van der Waals surface area contributed by atoms with E-state index in [4.69, 9.17) is 5.11 Å². The van der Waals surface area contributed by atoms with Crippen LogP contribution in [-0.2, 0) is 11.4 Å². The SMILES string of the molecule is CCNC(C)(C)C(=O)Nc1cccc(CO)c1. The first-order valence-electron chi connectivity index (χ1n) is 5.76. The molecule has 1 aromatic rings. The zero-order chi connectivity index (χ0) is 12.9. The largest absolute Gasteiger partial charge is 0.392 e. The number of amides is 1. The van der Waals surface area contributed by atoms with Crippen molar-refractivity contribution in [2.45, 2.75) is 32.9 Å². The number of carbonyl (C=O) groups is 1. The lowest BCUT2D eigenvalue weighted by molar-refractivity contribution is -0.121. The molecule has 0 atom stereocenters. The molecular formula is C13H20N2O2. The molecule has 1 amide bonds. The van der Waals surface area contributed by atoms with E-state index in [0.717, 1.165) is 12.1 Å². The normalized spacial score (nSPS) is 11.3. The maximum Gasteiger partial charge on any atom is 0.244 e. The first-order valence-corrected chi connectivity index (χ1v) is 5.76. The van der Waals surface area contributed by atoms with Crippen molar-refractivity contribution in [2.24, 2.45) is 0 Å². The van der Waals surface area contributed by atoms with E-state index in [1.54, 1.807) is 18.2 Å². The molecule has 1 rings (SSSR count). The molecule has 4 heteroatoms. The van der Waals surface area contributed by atoms with E-state index in [1.807, 2.05) is 26.8 Å². The maximum absolute atomic E-state index is 12.0. The van der Waals surface area contributed by atoms with Crippen molar-refractivity contribution >= 4 is 11.6 Å². The number of likely N-dealkylation sites (N-methyl/N-ethyl adjacent to an activating group) is 1. The van der Waals surface area contributed by atoms with Gasteiger partial charge in [-0.3, -0.25) is 4.79 Å². The average Bonchev–Trinajstić information content (AvgIpc) is 2.29. The number of aliphatic hydroxyl groups is 1. The second-order valence-corrected chi connectivity index (χ2v) is 4.47. The quantitative estimate of drug-likeness (QED) is 0.726. The van der Waals surface area contributed by atoms with Crippen molar-refractivity contribution in [1.29, 1.82) is 0 Å². The molecule has 0 aliphatic heterocycles. The summed E-state index contributed by atoms with van der Waals surface area (Å²) in [5.41, 5.74) is 0.876. The van der Waals surface area contributed by atoms with E-state index in [9.17, 15) is 4.79 Å². The molecule has 0 aliphatic rings. The summed E-state index contributed by atoms with van der Waals surface area (Å²) in [4.78, 5) is 12.0. The molecule has 3 N–H and O–H groups in total. The van der Waals surface area contributed by atoms with Gasteiger partial charge in [-0.05, 0) is 38.1 Å². The summed E-state index contributed by atoms with van der Waals surface area (Å²) >= 11 is 0. The Labute approximate surface area is 102 Å². The van der Waals surface area contributed by atoms with Crippen LogP contribution in [0.3, 0.4) is 0 Å². The molecule has 94 valence electrons. The predicted molar refractivity (Wildman–Crippen MR) is 68.8 cm³/mol. The number of hydrogen-bond acceptors (Lipinski definition) is 3. The third kappa shape index (κ3) is 3.84. The van der Waals surface area contributed by atoms with Crippen LogP contribution in [0.25, 0.3) is 0 Å². The minimum absolute atomic E-state index is 0.0275. The lowest BCUT2D eigenvalue weighted by Crippen LogP contribution is -2.49. The van der Waals surface area contributed by atoms with Crippen molar-refractivity contribution in [2.75, 3.05) is 11.9 Å². The Bertz CT molecular complexity index is 389. The van der Waals surface area contributed by atoms with Gasteiger partial charge in [0.2, 0.25) is 5.91 Å². The topological polar surface area (TPSA) is 61.4 Å². The lowest BCUT2D eigenvalue weighted by atomic mass is 10.0. The smallest absolute Gasteiger partial charge is 0.244 e. The van der Waals surface area contributed by atoms with Crippen molar-refractivity contribution in [1.82, 2.24) is 5.32 Å². The Kier molecular flexibility index (Phi) is 4.66. The molecule has 0 saturated heterocycles. The number of nitrogens with one attached hydrogen (secondary N) is 2. The highest BCUT2D eigenvalue weighted by Gasteiger charge is 2.25. The molecule has 0 radical (unpaired) electrons. The highest BCUT2D eigenvalue weighted by molar-refractivity contribution is 5.97. The molecule has 17 heavy (non-hydrogen) atoms. The van der Waals surface area contributed by atoms with E-state index in [0.29, 0.717) is 5.69 Å². The van der Waals surface area contributed by atoms with Gasteiger partial charge in [0.1, 0.15) is 0 Å². The predicted octanol–water partition coefficient (Wildman–Crippen LogP) is 1.51. The zero-order valence-corrected chi connectivity index (χ0v) is 10.6. The molecule has 0 aromatic heterocycles. The summed E-state index contributed by atoms with van der Waals surface area (Å²) in [7, 11) is 0. The fraction of sp³-hybridized carbons (Fsp3) is 0.462. The second-order valence-electron chi connectivity index (χ2n) is 4.47. The van der Waals surface area contributed by atoms with E-state index in [1.165, 1.54) is 0 Å². The minimum atomic E-state index is -0.607. The summed E-state index contributed by atoms with van der Waals surface area (Å²) < 4.78 is 0. The third-order valence-electron chi connectivity index (χ3n) is 2.55.